The molecule has 0 radical (unpaired) electrons. The number of para-hydroxylation sites is 1. The van der Waals surface area contributed by atoms with Gasteiger partial charge in [0, 0.05) is 17.2 Å². The van der Waals surface area contributed by atoms with Crippen molar-refractivity contribution in [1.82, 2.24) is 0 Å². The molecule has 18 heavy (non-hydrogen) atoms. The molecule has 3 nitrogen and oxygen atoms in total. The molecule has 3 N–H and O–H groups in total. The fourth-order valence-corrected chi connectivity index (χ4v) is 1.98. The molecule has 3 heteroatoms. The first-order chi connectivity index (χ1) is 8.63. The van der Waals surface area contributed by atoms with E-state index in [1.54, 1.807) is 19.2 Å². The summed E-state index contributed by atoms with van der Waals surface area (Å²) in [5.41, 5.74) is 8.59. The second-order valence-corrected chi connectivity index (χ2v) is 4.26. The standard InChI is InChI=1S/C15H17NO2/c1-10(16)13-9-11(7-8-15(13)18-2)12-5-3-4-6-14(12)17/h3-10,17H,16H2,1-2H3. The molecule has 1 atom stereocenters. The molecule has 0 spiro atoms. The van der Waals surface area contributed by atoms with Crippen LogP contribution in [0, 0.1) is 0 Å². The summed E-state index contributed by atoms with van der Waals surface area (Å²) in [7, 11) is 1.63. The van der Waals surface area contributed by atoms with Crippen LogP contribution in [-0.4, -0.2) is 12.2 Å². The molecule has 0 fully saturated rings. The lowest BCUT2D eigenvalue weighted by Gasteiger charge is -2.14. The predicted molar refractivity (Wildman–Crippen MR) is 72.7 cm³/mol. The van der Waals surface area contributed by atoms with Crippen LogP contribution in [0.5, 0.6) is 11.5 Å². The van der Waals surface area contributed by atoms with Crippen molar-refractivity contribution in [2.24, 2.45) is 5.73 Å². The minimum atomic E-state index is -0.120. The molecule has 2 rings (SSSR count). The van der Waals surface area contributed by atoms with E-state index in [0.29, 0.717) is 0 Å². The summed E-state index contributed by atoms with van der Waals surface area (Å²) >= 11 is 0. The summed E-state index contributed by atoms with van der Waals surface area (Å²) < 4.78 is 5.29. The van der Waals surface area contributed by atoms with Crippen molar-refractivity contribution in [3.8, 4) is 22.6 Å². The van der Waals surface area contributed by atoms with E-state index in [-0.39, 0.29) is 11.8 Å². The van der Waals surface area contributed by atoms with Crippen LogP contribution in [0.2, 0.25) is 0 Å². The Kier molecular flexibility index (Phi) is 3.53. The highest BCUT2D eigenvalue weighted by Gasteiger charge is 2.11. The number of methoxy groups -OCH3 is 1. The molecule has 1 unspecified atom stereocenters. The van der Waals surface area contributed by atoms with Gasteiger partial charge in [0.15, 0.2) is 0 Å². The molecule has 0 aliphatic heterocycles. The van der Waals surface area contributed by atoms with Crippen LogP contribution in [0.1, 0.15) is 18.5 Å². The number of aromatic hydroxyl groups is 1. The van der Waals surface area contributed by atoms with Crippen molar-refractivity contribution in [1.29, 1.82) is 0 Å². The van der Waals surface area contributed by atoms with Gasteiger partial charge in [-0.1, -0.05) is 24.3 Å². The van der Waals surface area contributed by atoms with E-state index < -0.39 is 0 Å². The first-order valence-electron chi connectivity index (χ1n) is 5.85. The minimum absolute atomic E-state index is 0.120. The second-order valence-electron chi connectivity index (χ2n) is 4.26. The molecule has 0 heterocycles. The van der Waals surface area contributed by atoms with Crippen LogP contribution in [0.25, 0.3) is 11.1 Å². The van der Waals surface area contributed by atoms with Gasteiger partial charge in [-0.2, -0.15) is 0 Å². The van der Waals surface area contributed by atoms with Gasteiger partial charge in [-0.3, -0.25) is 0 Å². The smallest absolute Gasteiger partial charge is 0.123 e. The Morgan fingerprint density at radius 3 is 2.50 bits per heavy atom. The maximum atomic E-state index is 9.86. The molecule has 2 aromatic rings. The van der Waals surface area contributed by atoms with Gasteiger partial charge in [-0.15, -0.1) is 0 Å². The molecule has 0 saturated heterocycles. The number of phenols is 1. The van der Waals surface area contributed by atoms with E-state index in [1.165, 1.54) is 0 Å². The van der Waals surface area contributed by atoms with Crippen LogP contribution in [0.4, 0.5) is 0 Å². The van der Waals surface area contributed by atoms with E-state index in [0.717, 1.165) is 22.4 Å². The third-order valence-corrected chi connectivity index (χ3v) is 2.94. The van der Waals surface area contributed by atoms with E-state index in [2.05, 4.69) is 0 Å². The topological polar surface area (TPSA) is 55.5 Å². The first kappa shape index (κ1) is 12.5. The van der Waals surface area contributed by atoms with Gasteiger partial charge in [0.1, 0.15) is 11.5 Å². The maximum Gasteiger partial charge on any atom is 0.123 e. The first-order valence-corrected chi connectivity index (χ1v) is 5.85. The zero-order valence-corrected chi connectivity index (χ0v) is 10.6. The van der Waals surface area contributed by atoms with Gasteiger partial charge in [0.05, 0.1) is 7.11 Å². The van der Waals surface area contributed by atoms with Crippen molar-refractivity contribution in [2.75, 3.05) is 7.11 Å². The quantitative estimate of drug-likeness (QED) is 0.871. The molecule has 0 aliphatic carbocycles. The molecule has 0 amide bonds. The van der Waals surface area contributed by atoms with Gasteiger partial charge in [0.25, 0.3) is 0 Å². The largest absolute Gasteiger partial charge is 0.507 e. The van der Waals surface area contributed by atoms with E-state index in [9.17, 15) is 5.11 Å². The highest BCUT2D eigenvalue weighted by molar-refractivity contribution is 5.71. The maximum absolute atomic E-state index is 9.86. The van der Waals surface area contributed by atoms with Gasteiger partial charge < -0.3 is 15.6 Å². The molecular formula is C15H17NO2. The Hall–Kier alpha value is -2.00. The van der Waals surface area contributed by atoms with Crippen LogP contribution in [0.3, 0.4) is 0 Å². The van der Waals surface area contributed by atoms with E-state index in [1.807, 2.05) is 37.3 Å². The van der Waals surface area contributed by atoms with Crippen molar-refractivity contribution in [3.63, 3.8) is 0 Å². The lowest BCUT2D eigenvalue weighted by atomic mass is 9.99. The molecule has 0 aromatic heterocycles. The number of hydrogen-bond donors (Lipinski definition) is 2. The van der Waals surface area contributed by atoms with Crippen LogP contribution >= 0.6 is 0 Å². The molecule has 0 aliphatic rings. The SMILES string of the molecule is COc1ccc(-c2ccccc2O)cc1C(C)N. The molecule has 94 valence electrons. The zero-order valence-electron chi connectivity index (χ0n) is 10.6. The fourth-order valence-electron chi connectivity index (χ4n) is 1.98. The summed E-state index contributed by atoms with van der Waals surface area (Å²) in [6.07, 6.45) is 0. The van der Waals surface area contributed by atoms with Gasteiger partial charge >= 0.3 is 0 Å². The van der Waals surface area contributed by atoms with Crippen molar-refractivity contribution in [2.45, 2.75) is 13.0 Å². The van der Waals surface area contributed by atoms with E-state index >= 15 is 0 Å². The predicted octanol–water partition coefficient (Wildman–Crippen LogP) is 3.09. The van der Waals surface area contributed by atoms with Crippen molar-refractivity contribution in [3.05, 3.63) is 48.0 Å². The number of hydrogen-bond acceptors (Lipinski definition) is 3. The number of nitrogens with two attached hydrogens (primary N) is 1. The van der Waals surface area contributed by atoms with E-state index in [4.69, 9.17) is 10.5 Å². The Bertz CT molecular complexity index is 550. The van der Waals surface area contributed by atoms with Gasteiger partial charge in [-0.05, 0) is 30.7 Å². The highest BCUT2D eigenvalue weighted by atomic mass is 16.5. The Balaban J connectivity index is 2.54. The summed E-state index contributed by atoms with van der Waals surface area (Å²) in [4.78, 5) is 0. The molecular weight excluding hydrogens is 226 g/mol. The molecule has 2 aromatic carbocycles. The molecule has 0 bridgehead atoms. The number of phenolic OH excluding ortho intramolecular Hbond substituents is 1. The van der Waals surface area contributed by atoms with Crippen LogP contribution in [-0.2, 0) is 0 Å². The minimum Gasteiger partial charge on any atom is -0.507 e. The highest BCUT2D eigenvalue weighted by Crippen LogP contribution is 2.33. The fraction of sp³-hybridized carbons (Fsp3) is 0.200. The van der Waals surface area contributed by atoms with Gasteiger partial charge in [-0.25, -0.2) is 0 Å². The van der Waals surface area contributed by atoms with Crippen molar-refractivity contribution >= 4 is 0 Å². The average Bonchev–Trinajstić information content (AvgIpc) is 2.38. The summed E-state index contributed by atoms with van der Waals surface area (Å²) in [6, 6.07) is 12.9. The number of benzene rings is 2. The Morgan fingerprint density at radius 1 is 1.17 bits per heavy atom. The monoisotopic (exact) mass is 243 g/mol. The second kappa shape index (κ2) is 5.10. The average molecular weight is 243 g/mol. The Morgan fingerprint density at radius 2 is 1.89 bits per heavy atom. The summed E-state index contributed by atoms with van der Waals surface area (Å²) in [5, 5.41) is 9.86. The zero-order chi connectivity index (χ0) is 13.1. The van der Waals surface area contributed by atoms with Crippen LogP contribution < -0.4 is 10.5 Å². The van der Waals surface area contributed by atoms with Crippen LogP contribution in [0.15, 0.2) is 42.5 Å². The third-order valence-electron chi connectivity index (χ3n) is 2.94. The lowest BCUT2D eigenvalue weighted by molar-refractivity contribution is 0.407. The summed E-state index contributed by atoms with van der Waals surface area (Å²) in [5.74, 6) is 1.03. The lowest BCUT2D eigenvalue weighted by Crippen LogP contribution is -2.07. The third kappa shape index (κ3) is 2.31. The normalized spacial score (nSPS) is 12.2. The number of ether oxygens (including phenoxy) is 1. The number of rotatable bonds is 3. The summed E-state index contributed by atoms with van der Waals surface area (Å²) in [6.45, 7) is 1.91. The Labute approximate surface area is 107 Å². The van der Waals surface area contributed by atoms with Crippen molar-refractivity contribution < 1.29 is 9.84 Å². The molecule has 0 saturated carbocycles. The van der Waals surface area contributed by atoms with Gasteiger partial charge in [0.2, 0.25) is 0 Å².